The van der Waals surface area contributed by atoms with Crippen LogP contribution in [0.2, 0.25) is 5.02 Å². The van der Waals surface area contributed by atoms with E-state index < -0.39 is 0 Å². The maximum atomic E-state index is 13.0. The number of rotatable bonds is 4. The molecule has 4 aromatic rings. The first-order chi connectivity index (χ1) is 13.1. The van der Waals surface area contributed by atoms with Crippen molar-refractivity contribution in [1.29, 1.82) is 0 Å². The number of fused-ring (bicyclic) bond motifs is 1. The van der Waals surface area contributed by atoms with E-state index >= 15 is 0 Å². The van der Waals surface area contributed by atoms with E-state index in [0.717, 1.165) is 11.1 Å². The van der Waals surface area contributed by atoms with Gasteiger partial charge in [-0.1, -0.05) is 23.7 Å². The Balaban J connectivity index is 1.61. The van der Waals surface area contributed by atoms with Gasteiger partial charge in [0, 0.05) is 16.7 Å². The SMILES string of the molecule is O=c1cc(-c2ccc(Cl)cc2)oc2ccc(OCc3ccc(F)cc3)cc12. The van der Waals surface area contributed by atoms with Crippen molar-refractivity contribution in [3.05, 3.63) is 99.4 Å². The number of benzene rings is 3. The molecule has 27 heavy (non-hydrogen) atoms. The molecule has 0 amide bonds. The molecule has 0 fully saturated rings. The van der Waals surface area contributed by atoms with Crippen LogP contribution in [0, 0.1) is 5.82 Å². The van der Waals surface area contributed by atoms with Crippen molar-refractivity contribution in [2.24, 2.45) is 0 Å². The molecule has 0 radical (unpaired) electrons. The Hall–Kier alpha value is -3.11. The van der Waals surface area contributed by atoms with Crippen molar-refractivity contribution in [1.82, 2.24) is 0 Å². The number of hydrogen-bond acceptors (Lipinski definition) is 3. The molecule has 0 N–H and O–H groups in total. The van der Waals surface area contributed by atoms with Crippen molar-refractivity contribution in [2.75, 3.05) is 0 Å². The van der Waals surface area contributed by atoms with Crippen LogP contribution in [-0.4, -0.2) is 0 Å². The molecule has 5 heteroatoms. The first-order valence-corrected chi connectivity index (χ1v) is 8.67. The summed E-state index contributed by atoms with van der Waals surface area (Å²) in [6, 6.07) is 19.7. The molecule has 0 spiro atoms. The van der Waals surface area contributed by atoms with Crippen molar-refractivity contribution < 1.29 is 13.5 Å². The minimum Gasteiger partial charge on any atom is -0.489 e. The molecule has 3 nitrogen and oxygen atoms in total. The fourth-order valence-corrected chi connectivity index (χ4v) is 2.85. The summed E-state index contributed by atoms with van der Waals surface area (Å²) in [5.74, 6) is 0.723. The normalized spacial score (nSPS) is 10.9. The zero-order valence-electron chi connectivity index (χ0n) is 14.1. The van der Waals surface area contributed by atoms with E-state index in [4.69, 9.17) is 20.8 Å². The van der Waals surface area contributed by atoms with Gasteiger partial charge >= 0.3 is 0 Å². The van der Waals surface area contributed by atoms with Gasteiger partial charge in [-0.2, -0.15) is 0 Å². The first-order valence-electron chi connectivity index (χ1n) is 8.29. The summed E-state index contributed by atoms with van der Waals surface area (Å²) in [5.41, 5.74) is 1.92. The van der Waals surface area contributed by atoms with Crippen molar-refractivity contribution >= 4 is 22.6 Å². The van der Waals surface area contributed by atoms with E-state index in [1.165, 1.54) is 18.2 Å². The number of hydrogen-bond donors (Lipinski definition) is 0. The lowest BCUT2D eigenvalue weighted by molar-refractivity contribution is 0.306. The summed E-state index contributed by atoms with van der Waals surface area (Å²) in [6.07, 6.45) is 0. The topological polar surface area (TPSA) is 39.4 Å². The van der Waals surface area contributed by atoms with Gasteiger partial charge in [-0.3, -0.25) is 4.79 Å². The van der Waals surface area contributed by atoms with Gasteiger partial charge in [-0.15, -0.1) is 0 Å². The maximum absolute atomic E-state index is 13.0. The van der Waals surface area contributed by atoms with Crippen molar-refractivity contribution in [3.63, 3.8) is 0 Å². The Morgan fingerprint density at radius 2 is 1.67 bits per heavy atom. The fraction of sp³-hybridized carbons (Fsp3) is 0.0455. The van der Waals surface area contributed by atoms with Gasteiger partial charge in [-0.05, 0) is 60.2 Å². The molecule has 134 valence electrons. The van der Waals surface area contributed by atoms with Crippen LogP contribution in [0.15, 0.2) is 82.0 Å². The average molecular weight is 381 g/mol. The molecule has 0 aliphatic heterocycles. The quantitative estimate of drug-likeness (QED) is 0.447. The molecule has 4 rings (SSSR count). The molecular formula is C22H14ClFO3. The minimum absolute atomic E-state index is 0.159. The van der Waals surface area contributed by atoms with Crippen LogP contribution in [0.4, 0.5) is 4.39 Å². The Morgan fingerprint density at radius 1 is 0.926 bits per heavy atom. The van der Waals surface area contributed by atoms with E-state index in [-0.39, 0.29) is 17.9 Å². The summed E-state index contributed by atoms with van der Waals surface area (Å²) < 4.78 is 24.5. The van der Waals surface area contributed by atoms with E-state index in [1.54, 1.807) is 54.6 Å². The third-order valence-electron chi connectivity index (χ3n) is 4.15. The monoisotopic (exact) mass is 380 g/mol. The van der Waals surface area contributed by atoms with Gasteiger partial charge in [0.05, 0.1) is 5.39 Å². The predicted molar refractivity (Wildman–Crippen MR) is 104 cm³/mol. The molecular weight excluding hydrogens is 367 g/mol. The number of ether oxygens (including phenoxy) is 1. The highest BCUT2D eigenvalue weighted by atomic mass is 35.5. The van der Waals surface area contributed by atoms with Crippen molar-refractivity contribution in [2.45, 2.75) is 6.61 Å². The van der Waals surface area contributed by atoms with Gasteiger partial charge in [0.15, 0.2) is 5.43 Å². The molecule has 1 heterocycles. The van der Waals surface area contributed by atoms with Gasteiger partial charge < -0.3 is 9.15 Å². The Labute approximate surface area is 159 Å². The van der Waals surface area contributed by atoms with Crippen LogP contribution in [0.25, 0.3) is 22.3 Å². The largest absolute Gasteiger partial charge is 0.489 e. The summed E-state index contributed by atoms with van der Waals surface area (Å²) >= 11 is 5.90. The van der Waals surface area contributed by atoms with Crippen LogP contribution in [0.1, 0.15) is 5.56 Å². The molecule has 0 saturated heterocycles. The minimum atomic E-state index is -0.293. The maximum Gasteiger partial charge on any atom is 0.193 e. The van der Waals surface area contributed by atoms with Crippen LogP contribution in [-0.2, 0) is 6.61 Å². The van der Waals surface area contributed by atoms with E-state index in [9.17, 15) is 9.18 Å². The lowest BCUT2D eigenvalue weighted by Crippen LogP contribution is -2.01. The Kier molecular flexibility index (Phi) is 4.65. The van der Waals surface area contributed by atoms with E-state index in [1.807, 2.05) is 0 Å². The molecule has 0 bridgehead atoms. The Bertz CT molecular complexity index is 1150. The standard InChI is InChI=1S/C22H14ClFO3/c23-16-5-3-15(4-6-16)22-12-20(25)19-11-18(9-10-21(19)27-22)26-13-14-1-7-17(24)8-2-14/h1-12H,13H2. The van der Waals surface area contributed by atoms with Gasteiger partial charge in [-0.25, -0.2) is 4.39 Å². The highest BCUT2D eigenvalue weighted by Gasteiger charge is 2.09. The molecule has 1 aromatic heterocycles. The summed E-state index contributed by atoms with van der Waals surface area (Å²) in [4.78, 5) is 12.5. The molecule has 0 aliphatic rings. The lowest BCUT2D eigenvalue weighted by Gasteiger charge is -2.08. The fourth-order valence-electron chi connectivity index (χ4n) is 2.73. The first kappa shape index (κ1) is 17.3. The molecule has 0 unspecified atom stereocenters. The molecule has 3 aromatic carbocycles. The van der Waals surface area contributed by atoms with Crippen LogP contribution < -0.4 is 10.2 Å². The average Bonchev–Trinajstić information content (AvgIpc) is 2.68. The summed E-state index contributed by atoms with van der Waals surface area (Å²) in [7, 11) is 0. The molecule has 0 saturated carbocycles. The van der Waals surface area contributed by atoms with Crippen LogP contribution >= 0.6 is 11.6 Å². The van der Waals surface area contributed by atoms with Gasteiger partial charge in [0.1, 0.15) is 29.5 Å². The van der Waals surface area contributed by atoms with Gasteiger partial charge in [0.2, 0.25) is 0 Å². The summed E-state index contributed by atoms with van der Waals surface area (Å²) in [6.45, 7) is 0.278. The predicted octanol–water partition coefficient (Wildman–Crippen LogP) is 5.83. The highest BCUT2D eigenvalue weighted by Crippen LogP contribution is 2.26. The third-order valence-corrected chi connectivity index (χ3v) is 4.40. The second kappa shape index (κ2) is 7.25. The zero-order valence-corrected chi connectivity index (χ0v) is 14.9. The third kappa shape index (κ3) is 3.86. The molecule has 0 atom stereocenters. The van der Waals surface area contributed by atoms with Gasteiger partial charge in [0.25, 0.3) is 0 Å². The smallest absolute Gasteiger partial charge is 0.193 e. The van der Waals surface area contributed by atoms with E-state index in [2.05, 4.69) is 0 Å². The van der Waals surface area contributed by atoms with Crippen LogP contribution in [0.5, 0.6) is 5.75 Å². The highest BCUT2D eigenvalue weighted by molar-refractivity contribution is 6.30. The van der Waals surface area contributed by atoms with E-state index in [0.29, 0.717) is 27.5 Å². The summed E-state index contributed by atoms with van der Waals surface area (Å²) in [5, 5.41) is 1.05. The van der Waals surface area contributed by atoms with Crippen LogP contribution in [0.3, 0.4) is 0 Å². The zero-order chi connectivity index (χ0) is 18.8. The second-order valence-electron chi connectivity index (χ2n) is 6.05. The number of halogens is 2. The molecule has 0 aliphatic carbocycles. The Morgan fingerprint density at radius 3 is 2.41 bits per heavy atom. The lowest BCUT2D eigenvalue weighted by atomic mass is 10.1. The van der Waals surface area contributed by atoms with Crippen molar-refractivity contribution in [3.8, 4) is 17.1 Å². The second-order valence-corrected chi connectivity index (χ2v) is 6.49.